The number of carbonyl (C=O) groups excluding carboxylic acids is 1. The molecule has 0 aromatic heterocycles. The zero-order valence-electron chi connectivity index (χ0n) is 16.9. The average molecular weight is 362 g/mol. The van der Waals surface area contributed by atoms with Crippen LogP contribution < -0.4 is 5.01 Å². The Labute approximate surface area is 161 Å². The van der Waals surface area contributed by atoms with E-state index < -0.39 is 0 Å². The number of benzene rings is 2. The molecule has 27 heavy (non-hydrogen) atoms. The van der Waals surface area contributed by atoms with Crippen LogP contribution in [0.15, 0.2) is 53.6 Å². The highest BCUT2D eigenvalue weighted by atomic mass is 16.1. The molecule has 140 valence electrons. The maximum Gasteiger partial charge on any atom is 0.212 e. The van der Waals surface area contributed by atoms with Crippen LogP contribution in [0.3, 0.4) is 0 Å². The number of anilines is 1. The third-order valence-corrected chi connectivity index (χ3v) is 5.25. The monoisotopic (exact) mass is 362 g/mol. The second-order valence-corrected chi connectivity index (χ2v) is 7.73. The smallest absolute Gasteiger partial charge is 0.212 e. The number of hydrogen-bond donors (Lipinski definition) is 0. The molecule has 0 fully saturated rings. The highest BCUT2D eigenvalue weighted by Gasteiger charge is 2.44. The van der Waals surface area contributed by atoms with Gasteiger partial charge in [-0.3, -0.25) is 9.80 Å². The summed E-state index contributed by atoms with van der Waals surface area (Å²) in [4.78, 5) is 11.6. The van der Waals surface area contributed by atoms with Crippen LogP contribution in [0.2, 0.25) is 0 Å². The fourth-order valence-corrected chi connectivity index (χ4v) is 3.55. The van der Waals surface area contributed by atoms with E-state index in [1.165, 1.54) is 16.8 Å². The number of hydrazone groups is 1. The molecule has 0 N–H and O–H groups in total. The molecule has 0 atom stereocenters. The van der Waals surface area contributed by atoms with Crippen LogP contribution in [0.4, 0.5) is 11.4 Å². The van der Waals surface area contributed by atoms with Crippen LogP contribution in [-0.2, 0) is 10.2 Å². The van der Waals surface area contributed by atoms with Crippen molar-refractivity contribution in [1.82, 2.24) is 0 Å². The molecule has 0 bridgehead atoms. The minimum atomic E-state index is -0.162. The highest BCUT2D eigenvalue weighted by molar-refractivity contribution is 6.33. The van der Waals surface area contributed by atoms with Crippen molar-refractivity contribution in [2.75, 3.05) is 18.6 Å². The molecule has 1 aliphatic heterocycles. The molecule has 3 rings (SSSR count). The van der Waals surface area contributed by atoms with Gasteiger partial charge >= 0.3 is 0 Å². The fourth-order valence-electron chi connectivity index (χ4n) is 3.55. The number of aryl methyl sites for hydroxylation is 1. The molecular formula is C23H28N3O+. The van der Waals surface area contributed by atoms with Crippen molar-refractivity contribution in [3.05, 3.63) is 59.7 Å². The Morgan fingerprint density at radius 3 is 2.48 bits per heavy atom. The second-order valence-electron chi connectivity index (χ2n) is 7.73. The summed E-state index contributed by atoms with van der Waals surface area (Å²) in [5.74, 6) is 0.199. The zero-order chi connectivity index (χ0) is 19.6. The molecule has 2 aromatic rings. The van der Waals surface area contributed by atoms with Crippen LogP contribution in [0, 0.1) is 6.92 Å². The maximum atomic E-state index is 11.6. The number of fused-ring (bicyclic) bond motifs is 1. The molecule has 0 saturated carbocycles. The first-order valence-corrected chi connectivity index (χ1v) is 9.39. The number of hydrogen-bond acceptors (Lipinski definition) is 3. The van der Waals surface area contributed by atoms with Crippen LogP contribution >= 0.6 is 0 Å². The van der Waals surface area contributed by atoms with Crippen molar-refractivity contribution >= 4 is 29.1 Å². The van der Waals surface area contributed by atoms with Crippen molar-refractivity contribution in [2.24, 2.45) is 5.10 Å². The lowest BCUT2D eigenvalue weighted by molar-refractivity contribution is -0.435. The Balaban J connectivity index is 1.97. The standard InChI is InChI=1S/C23H28N3O/c1-17-10-12-19(13-11-17)25(5)24-16-22-23(3,4)20-8-6-7-9-21(20)26(22)15-14-18(2)27/h6-13,16H,14-15H2,1-5H3/q+1. The van der Waals surface area contributed by atoms with E-state index in [2.05, 4.69) is 67.8 Å². The van der Waals surface area contributed by atoms with Gasteiger partial charge in [0.1, 0.15) is 12.0 Å². The molecule has 0 aliphatic carbocycles. The van der Waals surface area contributed by atoms with E-state index in [-0.39, 0.29) is 11.2 Å². The number of ketones is 1. The molecule has 0 unspecified atom stereocenters. The summed E-state index contributed by atoms with van der Waals surface area (Å²) in [6.45, 7) is 8.82. The molecule has 2 aromatic carbocycles. The lowest BCUT2D eigenvalue weighted by atomic mass is 9.82. The van der Waals surface area contributed by atoms with E-state index >= 15 is 0 Å². The van der Waals surface area contributed by atoms with E-state index in [9.17, 15) is 4.79 Å². The third-order valence-electron chi connectivity index (χ3n) is 5.25. The normalized spacial score (nSPS) is 15.3. The molecule has 1 heterocycles. The molecular weight excluding hydrogens is 334 g/mol. The first kappa shape index (κ1) is 19.0. The summed E-state index contributed by atoms with van der Waals surface area (Å²) in [5.41, 5.74) is 5.67. The van der Waals surface area contributed by atoms with Gasteiger partial charge in [-0.2, -0.15) is 9.68 Å². The minimum Gasteiger partial charge on any atom is -0.300 e. The van der Waals surface area contributed by atoms with E-state index in [0.717, 1.165) is 11.4 Å². The first-order valence-electron chi connectivity index (χ1n) is 9.39. The summed E-state index contributed by atoms with van der Waals surface area (Å²) in [6, 6.07) is 16.7. The maximum absolute atomic E-state index is 11.6. The quantitative estimate of drug-likeness (QED) is 0.432. The predicted molar refractivity (Wildman–Crippen MR) is 113 cm³/mol. The first-order chi connectivity index (χ1) is 12.8. The summed E-state index contributed by atoms with van der Waals surface area (Å²) in [7, 11) is 1.96. The summed E-state index contributed by atoms with van der Waals surface area (Å²) < 4.78 is 2.24. The van der Waals surface area contributed by atoms with Crippen molar-refractivity contribution in [1.29, 1.82) is 0 Å². The van der Waals surface area contributed by atoms with E-state index in [1.807, 2.05) is 24.3 Å². The van der Waals surface area contributed by atoms with Gasteiger partial charge in [-0.05, 0) is 39.8 Å². The van der Waals surface area contributed by atoms with E-state index in [4.69, 9.17) is 5.10 Å². The van der Waals surface area contributed by atoms with Gasteiger partial charge in [-0.1, -0.05) is 35.9 Å². The van der Waals surface area contributed by atoms with Crippen LogP contribution in [-0.4, -0.2) is 35.9 Å². The van der Waals surface area contributed by atoms with Crippen molar-refractivity contribution < 1.29 is 9.37 Å². The van der Waals surface area contributed by atoms with Crippen molar-refractivity contribution in [3.8, 4) is 0 Å². The number of para-hydroxylation sites is 1. The SMILES string of the molecule is CC(=O)CC[N+]1=C(/C=N/N(C)c2ccc(C)cc2)C(C)(C)c2ccccc21. The minimum absolute atomic E-state index is 0.162. The lowest BCUT2D eigenvalue weighted by Crippen LogP contribution is -2.32. The van der Waals surface area contributed by atoms with Gasteiger partial charge in [0.15, 0.2) is 6.54 Å². The number of nitrogens with zero attached hydrogens (tertiary/aromatic N) is 3. The van der Waals surface area contributed by atoms with Crippen molar-refractivity contribution in [2.45, 2.75) is 39.5 Å². The zero-order valence-corrected chi connectivity index (χ0v) is 16.9. The Morgan fingerprint density at radius 2 is 1.81 bits per heavy atom. The molecule has 0 spiro atoms. The summed E-state index contributed by atoms with van der Waals surface area (Å²) in [5, 5.41) is 6.59. The Kier molecular flexibility index (Phi) is 5.26. The summed E-state index contributed by atoms with van der Waals surface area (Å²) >= 11 is 0. The lowest BCUT2D eigenvalue weighted by Gasteiger charge is -2.17. The van der Waals surface area contributed by atoms with Gasteiger partial charge in [0.2, 0.25) is 11.4 Å². The van der Waals surface area contributed by atoms with E-state index in [1.54, 1.807) is 6.92 Å². The van der Waals surface area contributed by atoms with Gasteiger partial charge in [-0.15, -0.1) is 0 Å². The predicted octanol–water partition coefficient (Wildman–Crippen LogP) is 4.47. The van der Waals surface area contributed by atoms with Gasteiger partial charge < -0.3 is 0 Å². The number of rotatable bonds is 6. The third kappa shape index (κ3) is 3.85. The fraction of sp³-hybridized carbons (Fsp3) is 0.348. The van der Waals surface area contributed by atoms with Crippen LogP contribution in [0.1, 0.15) is 38.3 Å². The van der Waals surface area contributed by atoms with Gasteiger partial charge in [-0.25, -0.2) is 0 Å². The molecule has 4 nitrogen and oxygen atoms in total. The van der Waals surface area contributed by atoms with Gasteiger partial charge in [0.05, 0.1) is 17.5 Å². The molecule has 0 radical (unpaired) electrons. The summed E-state index contributed by atoms with van der Waals surface area (Å²) in [6.07, 6.45) is 2.47. The average Bonchev–Trinajstić information content (AvgIpc) is 2.85. The topological polar surface area (TPSA) is 35.7 Å². The Morgan fingerprint density at radius 1 is 1.15 bits per heavy atom. The molecule has 0 saturated heterocycles. The highest BCUT2D eigenvalue weighted by Crippen LogP contribution is 2.39. The number of Topliss-reactive ketones (excluding diaryl/α,β-unsaturated/α-hetero) is 1. The van der Waals surface area contributed by atoms with Gasteiger partial charge in [0, 0.05) is 18.7 Å². The largest absolute Gasteiger partial charge is 0.300 e. The second kappa shape index (κ2) is 7.47. The number of carbonyl (C=O) groups is 1. The Hall–Kier alpha value is -2.75. The van der Waals surface area contributed by atoms with Crippen LogP contribution in [0.5, 0.6) is 0 Å². The molecule has 0 amide bonds. The van der Waals surface area contributed by atoms with Crippen molar-refractivity contribution in [3.63, 3.8) is 0 Å². The molecule has 4 heteroatoms. The van der Waals surface area contributed by atoms with Crippen LogP contribution in [0.25, 0.3) is 0 Å². The van der Waals surface area contributed by atoms with Gasteiger partial charge in [0.25, 0.3) is 0 Å². The Bertz CT molecular complexity index is 907. The van der Waals surface area contributed by atoms with E-state index in [0.29, 0.717) is 13.0 Å². The molecule has 1 aliphatic rings.